The Morgan fingerprint density at radius 3 is 2.38 bits per heavy atom. The maximum Gasteiger partial charge on any atom is 0.345 e. The average molecular weight is 327 g/mol. The highest BCUT2D eigenvalue weighted by Gasteiger charge is 2.14. The van der Waals surface area contributed by atoms with Gasteiger partial charge in [0.1, 0.15) is 5.69 Å². The second kappa shape index (κ2) is 6.99. The number of aromatic amines is 1. The molecule has 1 amide bonds. The molecule has 0 spiro atoms. The van der Waals surface area contributed by atoms with Gasteiger partial charge in [0.15, 0.2) is 0 Å². The molecular formula is C19H25N3O2. The zero-order valence-corrected chi connectivity index (χ0v) is 14.9. The number of hydrogen-bond acceptors (Lipinski definition) is 3. The quantitative estimate of drug-likeness (QED) is 0.902. The van der Waals surface area contributed by atoms with Crippen LogP contribution < -0.4 is 11.0 Å². The van der Waals surface area contributed by atoms with Gasteiger partial charge in [-0.25, -0.2) is 4.79 Å². The summed E-state index contributed by atoms with van der Waals surface area (Å²) in [7, 11) is 0. The van der Waals surface area contributed by atoms with Gasteiger partial charge < -0.3 is 10.3 Å². The summed E-state index contributed by atoms with van der Waals surface area (Å²) >= 11 is 0. The lowest BCUT2D eigenvalue weighted by atomic mass is 9.87. The van der Waals surface area contributed by atoms with Gasteiger partial charge >= 0.3 is 5.69 Å². The molecule has 0 aliphatic rings. The maximum atomic E-state index is 12.4. The summed E-state index contributed by atoms with van der Waals surface area (Å²) in [5, 5.41) is 2.79. The first-order chi connectivity index (χ1) is 11.1. The molecule has 1 heterocycles. The topological polar surface area (TPSA) is 74.8 Å². The third kappa shape index (κ3) is 4.78. The highest BCUT2D eigenvalue weighted by Crippen LogP contribution is 2.23. The number of rotatable bonds is 4. The van der Waals surface area contributed by atoms with E-state index in [1.54, 1.807) is 6.07 Å². The standard InChI is InChI=1S/C19H25N3O2/c1-12(2)10-15-11-16(22-18(24)21-15)17(23)20-14-8-6-13(7-9-14)19(3,4)5/h6-9,11-12H,10H2,1-5H3,(H,20,23)(H,21,22,24). The number of hydrogen-bond donors (Lipinski definition) is 2. The van der Waals surface area contributed by atoms with Crippen LogP contribution in [0.4, 0.5) is 5.69 Å². The van der Waals surface area contributed by atoms with Crippen molar-refractivity contribution >= 4 is 11.6 Å². The molecule has 1 aromatic heterocycles. The summed E-state index contributed by atoms with van der Waals surface area (Å²) in [5.74, 6) is -0.00137. The second-order valence-electron chi connectivity index (χ2n) is 7.48. The van der Waals surface area contributed by atoms with Crippen LogP contribution in [0.25, 0.3) is 0 Å². The van der Waals surface area contributed by atoms with Crippen LogP contribution in [0, 0.1) is 5.92 Å². The van der Waals surface area contributed by atoms with Crippen molar-refractivity contribution in [3.63, 3.8) is 0 Å². The molecule has 2 aromatic rings. The van der Waals surface area contributed by atoms with Gasteiger partial charge in [0.2, 0.25) is 0 Å². The fourth-order valence-corrected chi connectivity index (χ4v) is 2.42. The molecule has 0 saturated heterocycles. The van der Waals surface area contributed by atoms with E-state index >= 15 is 0 Å². The summed E-state index contributed by atoms with van der Waals surface area (Å²) in [6.07, 6.45) is 0.693. The van der Waals surface area contributed by atoms with Gasteiger partial charge in [0.05, 0.1) is 0 Å². The van der Waals surface area contributed by atoms with E-state index in [2.05, 4.69) is 49.9 Å². The molecule has 0 unspecified atom stereocenters. The lowest BCUT2D eigenvalue weighted by Gasteiger charge is -2.19. The number of H-pyrrole nitrogens is 1. The van der Waals surface area contributed by atoms with E-state index in [0.717, 1.165) is 5.69 Å². The number of nitrogens with one attached hydrogen (secondary N) is 2. The molecule has 0 radical (unpaired) electrons. The van der Waals surface area contributed by atoms with Crippen LogP contribution in [-0.4, -0.2) is 15.9 Å². The van der Waals surface area contributed by atoms with E-state index in [1.807, 2.05) is 24.3 Å². The number of aromatic nitrogens is 2. The Hall–Kier alpha value is -2.43. The fourth-order valence-electron chi connectivity index (χ4n) is 2.42. The Morgan fingerprint density at radius 1 is 1.21 bits per heavy atom. The van der Waals surface area contributed by atoms with Crippen LogP contribution in [0.15, 0.2) is 35.1 Å². The third-order valence-corrected chi connectivity index (χ3v) is 3.67. The lowest BCUT2D eigenvalue weighted by molar-refractivity contribution is 0.102. The molecule has 0 saturated carbocycles. The number of nitrogens with zero attached hydrogens (tertiary/aromatic N) is 1. The van der Waals surface area contributed by atoms with Crippen LogP contribution in [0.5, 0.6) is 0 Å². The third-order valence-electron chi connectivity index (χ3n) is 3.67. The van der Waals surface area contributed by atoms with Gasteiger partial charge in [-0.3, -0.25) is 4.79 Å². The summed E-state index contributed by atoms with van der Waals surface area (Å²) in [6, 6.07) is 9.34. The number of carbonyl (C=O) groups is 1. The van der Waals surface area contributed by atoms with Gasteiger partial charge in [-0.15, -0.1) is 0 Å². The van der Waals surface area contributed by atoms with Gasteiger partial charge in [-0.05, 0) is 41.5 Å². The number of carbonyl (C=O) groups excluding carboxylic acids is 1. The van der Waals surface area contributed by atoms with Crippen molar-refractivity contribution in [3.8, 4) is 0 Å². The van der Waals surface area contributed by atoms with Crippen molar-refractivity contribution in [2.45, 2.75) is 46.5 Å². The second-order valence-corrected chi connectivity index (χ2v) is 7.48. The zero-order chi connectivity index (χ0) is 17.9. The molecule has 0 bridgehead atoms. The zero-order valence-electron chi connectivity index (χ0n) is 14.9. The Balaban J connectivity index is 2.18. The Bertz CT molecular complexity index is 768. The predicted molar refractivity (Wildman–Crippen MR) is 96.5 cm³/mol. The molecule has 5 nitrogen and oxygen atoms in total. The molecule has 2 N–H and O–H groups in total. The molecule has 0 fully saturated rings. The fraction of sp³-hybridized carbons (Fsp3) is 0.421. The highest BCUT2D eigenvalue weighted by atomic mass is 16.2. The van der Waals surface area contributed by atoms with E-state index in [1.165, 1.54) is 5.56 Å². The predicted octanol–water partition coefficient (Wildman–Crippen LogP) is 3.52. The molecule has 0 aliphatic carbocycles. The minimum Gasteiger partial charge on any atom is -0.321 e. The molecule has 1 aromatic carbocycles. The molecule has 5 heteroatoms. The Kier molecular flexibility index (Phi) is 5.22. The van der Waals surface area contributed by atoms with Crippen LogP contribution >= 0.6 is 0 Å². The van der Waals surface area contributed by atoms with E-state index in [0.29, 0.717) is 18.0 Å². The van der Waals surface area contributed by atoms with Gasteiger partial charge in [0.25, 0.3) is 5.91 Å². The van der Waals surface area contributed by atoms with Crippen LogP contribution in [0.3, 0.4) is 0 Å². The molecule has 128 valence electrons. The van der Waals surface area contributed by atoms with Gasteiger partial charge in [-0.1, -0.05) is 46.8 Å². The smallest absolute Gasteiger partial charge is 0.321 e. The van der Waals surface area contributed by atoms with Crippen molar-refractivity contribution in [1.29, 1.82) is 0 Å². The lowest BCUT2D eigenvalue weighted by Crippen LogP contribution is -2.22. The minimum atomic E-state index is -0.499. The van der Waals surface area contributed by atoms with Crippen LogP contribution in [-0.2, 0) is 11.8 Å². The Labute approximate surface area is 142 Å². The Morgan fingerprint density at radius 2 is 1.83 bits per heavy atom. The van der Waals surface area contributed by atoms with Crippen molar-refractivity contribution in [2.24, 2.45) is 5.92 Å². The molecule has 0 atom stereocenters. The monoisotopic (exact) mass is 327 g/mol. The molecular weight excluding hydrogens is 302 g/mol. The van der Waals surface area contributed by atoms with E-state index in [9.17, 15) is 9.59 Å². The van der Waals surface area contributed by atoms with Gasteiger partial charge in [-0.2, -0.15) is 4.98 Å². The van der Waals surface area contributed by atoms with Crippen molar-refractivity contribution < 1.29 is 4.79 Å². The van der Waals surface area contributed by atoms with Crippen molar-refractivity contribution in [2.75, 3.05) is 5.32 Å². The largest absolute Gasteiger partial charge is 0.345 e. The number of anilines is 1. The summed E-state index contributed by atoms with van der Waals surface area (Å²) in [4.78, 5) is 30.5. The first-order valence-corrected chi connectivity index (χ1v) is 8.17. The number of amides is 1. The normalized spacial score (nSPS) is 11.6. The molecule has 2 rings (SSSR count). The first-order valence-electron chi connectivity index (χ1n) is 8.17. The maximum absolute atomic E-state index is 12.4. The molecule has 0 aliphatic heterocycles. The summed E-state index contributed by atoms with van der Waals surface area (Å²) in [6.45, 7) is 10.5. The average Bonchev–Trinajstić information content (AvgIpc) is 2.45. The van der Waals surface area contributed by atoms with Gasteiger partial charge in [0, 0.05) is 11.4 Å². The summed E-state index contributed by atoms with van der Waals surface area (Å²) < 4.78 is 0. The minimum absolute atomic E-state index is 0.0581. The van der Waals surface area contributed by atoms with E-state index < -0.39 is 5.69 Å². The highest BCUT2D eigenvalue weighted by molar-refractivity contribution is 6.02. The van der Waals surface area contributed by atoms with Crippen molar-refractivity contribution in [3.05, 3.63) is 57.8 Å². The molecule has 24 heavy (non-hydrogen) atoms. The van der Waals surface area contributed by atoms with Crippen molar-refractivity contribution in [1.82, 2.24) is 9.97 Å². The first kappa shape index (κ1) is 17.9. The SMILES string of the molecule is CC(C)Cc1cc(C(=O)Nc2ccc(C(C)(C)C)cc2)nc(=O)[nH]1. The van der Waals surface area contributed by atoms with E-state index in [-0.39, 0.29) is 17.0 Å². The van der Waals surface area contributed by atoms with Crippen LogP contribution in [0.2, 0.25) is 0 Å². The van der Waals surface area contributed by atoms with E-state index in [4.69, 9.17) is 0 Å². The van der Waals surface area contributed by atoms with Crippen LogP contribution in [0.1, 0.15) is 56.4 Å². The number of benzene rings is 1. The summed E-state index contributed by atoms with van der Waals surface area (Å²) in [5.41, 5.74) is 2.28.